The topological polar surface area (TPSA) is 118 Å². The van der Waals surface area contributed by atoms with Crippen LogP contribution in [0.1, 0.15) is 47.2 Å². The van der Waals surface area contributed by atoms with Gasteiger partial charge >= 0.3 is 12.1 Å². The minimum Gasteiger partial charge on any atom is -0.478 e. The predicted molar refractivity (Wildman–Crippen MR) is 98.7 cm³/mol. The molecule has 0 spiro atoms. The van der Waals surface area contributed by atoms with Gasteiger partial charge in [0.15, 0.2) is 0 Å². The van der Waals surface area contributed by atoms with E-state index in [1.807, 2.05) is 0 Å². The minimum absolute atomic E-state index is 0.00777. The zero-order chi connectivity index (χ0) is 20.0. The maximum atomic E-state index is 12.1. The Morgan fingerprint density at radius 1 is 1.07 bits per heavy atom. The summed E-state index contributed by atoms with van der Waals surface area (Å²) in [7, 11) is 0. The molecule has 0 aliphatic heterocycles. The van der Waals surface area contributed by atoms with Crippen molar-refractivity contribution in [1.29, 1.82) is 0 Å². The highest BCUT2D eigenvalue weighted by molar-refractivity contribution is 6.03. The van der Waals surface area contributed by atoms with Gasteiger partial charge in [0.05, 0.1) is 5.56 Å². The van der Waals surface area contributed by atoms with Gasteiger partial charge in [0, 0.05) is 18.4 Å². The molecule has 0 bridgehead atoms. The Morgan fingerprint density at radius 2 is 1.74 bits per heavy atom. The van der Waals surface area contributed by atoms with Gasteiger partial charge in [-0.25, -0.2) is 9.59 Å². The van der Waals surface area contributed by atoms with E-state index in [-0.39, 0.29) is 11.3 Å². The summed E-state index contributed by atoms with van der Waals surface area (Å²) in [4.78, 5) is 38.4. The van der Waals surface area contributed by atoms with Crippen molar-refractivity contribution >= 4 is 23.7 Å². The summed E-state index contributed by atoms with van der Waals surface area (Å²) in [5, 5.41) is 14.2. The van der Waals surface area contributed by atoms with E-state index in [2.05, 4.69) is 15.6 Å². The number of nitrogens with zero attached hydrogens (tertiary/aromatic N) is 1. The molecule has 0 saturated heterocycles. The lowest BCUT2D eigenvalue weighted by atomic mass is 10.2. The maximum absolute atomic E-state index is 12.1. The number of hydrogen-bond acceptors (Lipinski definition) is 5. The molecule has 0 saturated carbocycles. The summed E-state index contributed by atoms with van der Waals surface area (Å²) < 4.78 is 5.16. The average Bonchev–Trinajstić information content (AvgIpc) is 2.59. The molecule has 1 aromatic heterocycles. The normalized spacial score (nSPS) is 10.8. The molecule has 2 aromatic rings. The SMILES string of the molecule is CC(C)(C)OC(=O)NCc1ccc(NC(=O)c2ccc(C(=O)O)cn2)cc1. The quantitative estimate of drug-likeness (QED) is 0.743. The molecular formula is C19H21N3O5. The van der Waals surface area contributed by atoms with Crippen LogP contribution in [0.3, 0.4) is 0 Å². The van der Waals surface area contributed by atoms with Gasteiger partial charge in [-0.15, -0.1) is 0 Å². The highest BCUT2D eigenvalue weighted by Crippen LogP contribution is 2.12. The summed E-state index contributed by atoms with van der Waals surface area (Å²) in [6.45, 7) is 5.65. The number of carbonyl (C=O) groups excluding carboxylic acids is 2. The first kappa shape index (κ1) is 19.9. The number of ether oxygens (including phenoxy) is 1. The highest BCUT2D eigenvalue weighted by atomic mass is 16.6. The number of anilines is 1. The third-order valence-corrected chi connectivity index (χ3v) is 3.29. The number of nitrogens with one attached hydrogen (secondary N) is 2. The summed E-state index contributed by atoms with van der Waals surface area (Å²) in [6.07, 6.45) is 0.624. The molecule has 142 valence electrons. The fraction of sp³-hybridized carbons (Fsp3) is 0.263. The average molecular weight is 371 g/mol. The Balaban J connectivity index is 1.90. The number of amides is 2. The van der Waals surface area contributed by atoms with E-state index in [4.69, 9.17) is 9.84 Å². The third kappa shape index (κ3) is 6.43. The van der Waals surface area contributed by atoms with Gasteiger partial charge in [0.1, 0.15) is 11.3 Å². The Kier molecular flexibility index (Phi) is 6.12. The van der Waals surface area contributed by atoms with Crippen molar-refractivity contribution in [3.8, 4) is 0 Å². The van der Waals surface area contributed by atoms with Gasteiger partial charge in [0.2, 0.25) is 0 Å². The molecule has 0 unspecified atom stereocenters. The lowest BCUT2D eigenvalue weighted by Crippen LogP contribution is -2.32. The Labute approximate surface area is 156 Å². The number of pyridine rings is 1. The molecule has 8 nitrogen and oxygen atoms in total. The molecule has 0 atom stereocenters. The minimum atomic E-state index is -1.11. The molecule has 0 fully saturated rings. The molecule has 0 aliphatic carbocycles. The number of hydrogen-bond donors (Lipinski definition) is 3. The number of carbonyl (C=O) groups is 3. The van der Waals surface area contributed by atoms with Crippen molar-refractivity contribution in [3.05, 3.63) is 59.4 Å². The van der Waals surface area contributed by atoms with Crippen molar-refractivity contribution in [1.82, 2.24) is 10.3 Å². The zero-order valence-electron chi connectivity index (χ0n) is 15.3. The predicted octanol–water partition coefficient (Wildman–Crippen LogP) is 3.06. The van der Waals surface area contributed by atoms with Gasteiger partial charge in [0.25, 0.3) is 5.91 Å². The van der Waals surface area contributed by atoms with Gasteiger partial charge < -0.3 is 20.5 Å². The number of carboxylic acids is 1. The number of aromatic carboxylic acids is 1. The second kappa shape index (κ2) is 8.31. The summed E-state index contributed by atoms with van der Waals surface area (Å²) >= 11 is 0. The summed E-state index contributed by atoms with van der Waals surface area (Å²) in [6, 6.07) is 9.56. The van der Waals surface area contributed by atoms with E-state index < -0.39 is 23.6 Å². The molecule has 3 N–H and O–H groups in total. The molecule has 0 aliphatic rings. The molecule has 0 radical (unpaired) electrons. The lowest BCUT2D eigenvalue weighted by Gasteiger charge is -2.19. The van der Waals surface area contributed by atoms with Crippen LogP contribution in [0.15, 0.2) is 42.6 Å². The molecule has 1 heterocycles. The monoisotopic (exact) mass is 371 g/mol. The number of benzene rings is 1. The first-order valence-corrected chi connectivity index (χ1v) is 8.20. The summed E-state index contributed by atoms with van der Waals surface area (Å²) in [5.74, 6) is -1.56. The van der Waals surface area contributed by atoms with E-state index >= 15 is 0 Å². The van der Waals surface area contributed by atoms with Gasteiger partial charge in [-0.1, -0.05) is 12.1 Å². The van der Waals surface area contributed by atoms with Crippen molar-refractivity contribution in [2.75, 3.05) is 5.32 Å². The van der Waals surface area contributed by atoms with Crippen molar-refractivity contribution < 1.29 is 24.2 Å². The first-order valence-electron chi connectivity index (χ1n) is 8.20. The molecular weight excluding hydrogens is 350 g/mol. The smallest absolute Gasteiger partial charge is 0.407 e. The van der Waals surface area contributed by atoms with Crippen LogP contribution in [-0.2, 0) is 11.3 Å². The molecule has 2 rings (SSSR count). The lowest BCUT2D eigenvalue weighted by molar-refractivity contribution is 0.0522. The van der Waals surface area contributed by atoms with E-state index in [1.54, 1.807) is 45.0 Å². The zero-order valence-corrected chi connectivity index (χ0v) is 15.3. The largest absolute Gasteiger partial charge is 0.478 e. The Hall–Kier alpha value is -3.42. The number of rotatable bonds is 5. The van der Waals surface area contributed by atoms with Crippen LogP contribution in [-0.4, -0.2) is 33.7 Å². The Morgan fingerprint density at radius 3 is 2.26 bits per heavy atom. The van der Waals surface area contributed by atoms with Crippen molar-refractivity contribution in [3.63, 3.8) is 0 Å². The second-order valence-electron chi connectivity index (χ2n) is 6.74. The van der Waals surface area contributed by atoms with Crippen LogP contribution < -0.4 is 10.6 Å². The fourth-order valence-corrected chi connectivity index (χ4v) is 2.04. The van der Waals surface area contributed by atoms with Crippen LogP contribution >= 0.6 is 0 Å². The molecule has 8 heteroatoms. The van der Waals surface area contributed by atoms with Crippen molar-refractivity contribution in [2.24, 2.45) is 0 Å². The highest BCUT2D eigenvalue weighted by Gasteiger charge is 2.15. The molecule has 2 amide bonds. The van der Waals surface area contributed by atoms with Crippen LogP contribution in [0.4, 0.5) is 10.5 Å². The van der Waals surface area contributed by atoms with Crippen LogP contribution in [0.25, 0.3) is 0 Å². The van der Waals surface area contributed by atoms with Gasteiger partial charge in [-0.2, -0.15) is 0 Å². The fourth-order valence-electron chi connectivity index (χ4n) is 2.04. The van der Waals surface area contributed by atoms with Crippen LogP contribution in [0.5, 0.6) is 0 Å². The number of carboxylic acid groups (broad SMARTS) is 1. The Bertz CT molecular complexity index is 824. The van der Waals surface area contributed by atoms with E-state index in [1.165, 1.54) is 12.1 Å². The summed E-state index contributed by atoms with van der Waals surface area (Å²) in [5.41, 5.74) is 0.937. The maximum Gasteiger partial charge on any atom is 0.407 e. The van der Waals surface area contributed by atoms with E-state index in [9.17, 15) is 14.4 Å². The van der Waals surface area contributed by atoms with Gasteiger partial charge in [-0.3, -0.25) is 9.78 Å². The van der Waals surface area contributed by atoms with E-state index in [0.717, 1.165) is 11.8 Å². The van der Waals surface area contributed by atoms with Crippen molar-refractivity contribution in [2.45, 2.75) is 32.9 Å². The first-order chi connectivity index (χ1) is 12.6. The molecule has 27 heavy (non-hydrogen) atoms. The van der Waals surface area contributed by atoms with Crippen LogP contribution in [0.2, 0.25) is 0 Å². The molecule has 1 aromatic carbocycles. The number of aromatic nitrogens is 1. The second-order valence-corrected chi connectivity index (χ2v) is 6.74. The van der Waals surface area contributed by atoms with Gasteiger partial charge in [-0.05, 0) is 50.6 Å². The van der Waals surface area contributed by atoms with Crippen LogP contribution in [0, 0.1) is 0 Å². The third-order valence-electron chi connectivity index (χ3n) is 3.29. The van der Waals surface area contributed by atoms with E-state index in [0.29, 0.717) is 12.2 Å². The number of alkyl carbamates (subject to hydrolysis) is 1. The standard InChI is InChI=1S/C19H21N3O5/c1-19(2,3)27-18(26)21-10-12-4-7-14(8-5-12)22-16(23)15-9-6-13(11-20-15)17(24)25/h4-9,11H,10H2,1-3H3,(H,21,26)(H,22,23)(H,24,25).